The van der Waals surface area contributed by atoms with Crippen LogP contribution in [0.25, 0.3) is 0 Å². The molecule has 1 aromatic rings. The zero-order chi connectivity index (χ0) is 11.5. The van der Waals surface area contributed by atoms with Crippen LogP contribution < -0.4 is 0 Å². The second kappa shape index (κ2) is 5.37. The molecule has 0 bridgehead atoms. The van der Waals surface area contributed by atoms with E-state index in [0.717, 1.165) is 17.0 Å². The first kappa shape index (κ1) is 12.2. The molecule has 4 heteroatoms. The van der Waals surface area contributed by atoms with Crippen molar-refractivity contribution >= 4 is 23.2 Å². The average molecular weight is 261 g/mol. The van der Waals surface area contributed by atoms with Crippen LogP contribution in [-0.4, -0.2) is 24.7 Å². The molecular formula is C12H14Cl2O2. The van der Waals surface area contributed by atoms with Gasteiger partial charge in [-0.05, 0) is 18.1 Å². The van der Waals surface area contributed by atoms with Crippen LogP contribution >= 0.6 is 23.2 Å². The molecule has 88 valence electrons. The van der Waals surface area contributed by atoms with Gasteiger partial charge in [0.15, 0.2) is 0 Å². The highest BCUT2D eigenvalue weighted by atomic mass is 35.5. The summed E-state index contributed by atoms with van der Waals surface area (Å²) in [5.74, 6) is 0. The highest BCUT2D eigenvalue weighted by molar-refractivity contribution is 6.31. The number of hydrogen-bond acceptors (Lipinski definition) is 2. The van der Waals surface area contributed by atoms with Crippen LogP contribution in [0, 0.1) is 0 Å². The van der Waals surface area contributed by atoms with Gasteiger partial charge in [-0.1, -0.05) is 29.8 Å². The topological polar surface area (TPSA) is 18.5 Å². The molecule has 0 heterocycles. The zero-order valence-electron chi connectivity index (χ0n) is 9.03. The third-order valence-electron chi connectivity index (χ3n) is 2.86. The molecule has 0 saturated heterocycles. The predicted octanol–water partition coefficient (Wildman–Crippen LogP) is 3.25. The largest absolute Gasteiger partial charge is 0.377 e. The monoisotopic (exact) mass is 260 g/mol. The summed E-state index contributed by atoms with van der Waals surface area (Å²) in [5.41, 5.74) is 0.997. The summed E-state index contributed by atoms with van der Waals surface area (Å²) in [6, 6.07) is 7.67. The van der Waals surface area contributed by atoms with E-state index in [0.29, 0.717) is 6.61 Å². The molecule has 1 aliphatic rings. The summed E-state index contributed by atoms with van der Waals surface area (Å²) in [4.78, 5) is 0. The van der Waals surface area contributed by atoms with E-state index in [4.69, 9.17) is 32.7 Å². The van der Waals surface area contributed by atoms with E-state index in [1.807, 2.05) is 24.3 Å². The van der Waals surface area contributed by atoms with Crippen molar-refractivity contribution in [2.75, 3.05) is 7.11 Å². The molecule has 1 saturated carbocycles. The minimum Gasteiger partial charge on any atom is -0.377 e. The quantitative estimate of drug-likeness (QED) is 0.774. The molecule has 1 aromatic carbocycles. The third kappa shape index (κ3) is 2.51. The van der Waals surface area contributed by atoms with Crippen LogP contribution in [0.5, 0.6) is 0 Å². The lowest BCUT2D eigenvalue weighted by atomic mass is 9.91. The van der Waals surface area contributed by atoms with Crippen LogP contribution in [-0.2, 0) is 16.1 Å². The highest BCUT2D eigenvalue weighted by Crippen LogP contribution is 2.32. The number of methoxy groups -OCH3 is 1. The van der Waals surface area contributed by atoms with E-state index in [1.54, 1.807) is 7.11 Å². The Kier molecular flexibility index (Phi) is 4.09. The molecule has 1 fully saturated rings. The van der Waals surface area contributed by atoms with Gasteiger partial charge < -0.3 is 9.47 Å². The zero-order valence-corrected chi connectivity index (χ0v) is 10.5. The van der Waals surface area contributed by atoms with Gasteiger partial charge in [0.05, 0.1) is 24.2 Å². The van der Waals surface area contributed by atoms with Crippen molar-refractivity contribution in [3.05, 3.63) is 34.9 Å². The number of ether oxygens (including phenoxy) is 2. The third-order valence-corrected chi connectivity index (χ3v) is 3.66. The van der Waals surface area contributed by atoms with Crippen molar-refractivity contribution in [3.8, 4) is 0 Å². The average Bonchev–Trinajstić information content (AvgIpc) is 2.26. The molecule has 3 unspecified atom stereocenters. The van der Waals surface area contributed by atoms with Gasteiger partial charge in [0.2, 0.25) is 0 Å². The standard InChI is InChI=1S/C12H14Cl2O2/c1-15-12-10(14)6-11(12)16-7-8-4-2-3-5-9(8)13/h2-5,10-12H,6-7H2,1H3. The molecule has 1 aliphatic carbocycles. The molecular weight excluding hydrogens is 247 g/mol. The van der Waals surface area contributed by atoms with E-state index in [1.165, 1.54) is 0 Å². The smallest absolute Gasteiger partial charge is 0.0997 e. The van der Waals surface area contributed by atoms with Crippen molar-refractivity contribution in [2.45, 2.75) is 30.6 Å². The second-order valence-electron chi connectivity index (χ2n) is 3.89. The van der Waals surface area contributed by atoms with Crippen LogP contribution in [0.4, 0.5) is 0 Å². The fraction of sp³-hybridized carbons (Fsp3) is 0.500. The lowest BCUT2D eigenvalue weighted by Crippen LogP contribution is -2.50. The van der Waals surface area contributed by atoms with E-state index in [9.17, 15) is 0 Å². The van der Waals surface area contributed by atoms with Crippen molar-refractivity contribution in [1.29, 1.82) is 0 Å². The van der Waals surface area contributed by atoms with Crippen LogP contribution in [0.1, 0.15) is 12.0 Å². The molecule has 16 heavy (non-hydrogen) atoms. The summed E-state index contributed by atoms with van der Waals surface area (Å²) in [5, 5.41) is 0.805. The second-order valence-corrected chi connectivity index (χ2v) is 4.86. The van der Waals surface area contributed by atoms with Gasteiger partial charge >= 0.3 is 0 Å². The van der Waals surface area contributed by atoms with Crippen LogP contribution in [0.15, 0.2) is 24.3 Å². The summed E-state index contributed by atoms with van der Waals surface area (Å²) < 4.78 is 11.0. The Morgan fingerprint density at radius 2 is 2.12 bits per heavy atom. The van der Waals surface area contributed by atoms with Crippen molar-refractivity contribution in [1.82, 2.24) is 0 Å². The Labute approximate surface area is 105 Å². The minimum absolute atomic E-state index is 0.00385. The fourth-order valence-electron chi connectivity index (χ4n) is 1.80. The van der Waals surface area contributed by atoms with Crippen LogP contribution in [0.3, 0.4) is 0 Å². The van der Waals surface area contributed by atoms with Crippen molar-refractivity contribution < 1.29 is 9.47 Å². The molecule has 0 amide bonds. The molecule has 0 spiro atoms. The first-order valence-electron chi connectivity index (χ1n) is 5.24. The lowest BCUT2D eigenvalue weighted by Gasteiger charge is -2.39. The first-order valence-corrected chi connectivity index (χ1v) is 6.05. The normalized spacial score (nSPS) is 28.8. The maximum absolute atomic E-state index is 6.03. The van der Waals surface area contributed by atoms with E-state index in [2.05, 4.69) is 0 Å². The summed E-state index contributed by atoms with van der Waals surface area (Å²) in [6.45, 7) is 0.508. The van der Waals surface area contributed by atoms with Gasteiger partial charge in [0.1, 0.15) is 0 Å². The molecule has 0 N–H and O–H groups in total. The SMILES string of the molecule is COC1C(Cl)CC1OCc1ccccc1Cl. The number of alkyl halides is 1. The van der Waals surface area contributed by atoms with Gasteiger partial charge in [-0.2, -0.15) is 0 Å². The maximum atomic E-state index is 6.03. The Balaban J connectivity index is 1.87. The Bertz CT molecular complexity index is 357. The summed E-state index contributed by atoms with van der Waals surface area (Å²) in [7, 11) is 1.66. The minimum atomic E-state index is 0.00385. The highest BCUT2D eigenvalue weighted by Gasteiger charge is 2.41. The van der Waals surface area contributed by atoms with E-state index in [-0.39, 0.29) is 17.6 Å². The number of halogens is 2. The molecule has 0 aliphatic heterocycles. The van der Waals surface area contributed by atoms with Crippen molar-refractivity contribution in [2.24, 2.45) is 0 Å². The Morgan fingerprint density at radius 1 is 1.38 bits per heavy atom. The van der Waals surface area contributed by atoms with Gasteiger partial charge in [-0.25, -0.2) is 0 Å². The fourth-order valence-corrected chi connectivity index (χ4v) is 2.43. The molecule has 3 atom stereocenters. The van der Waals surface area contributed by atoms with Gasteiger partial charge in [0, 0.05) is 12.1 Å². The number of hydrogen-bond donors (Lipinski definition) is 0. The molecule has 0 aromatic heterocycles. The van der Waals surface area contributed by atoms with Gasteiger partial charge in [-0.15, -0.1) is 11.6 Å². The molecule has 2 rings (SSSR count). The number of rotatable bonds is 4. The number of benzene rings is 1. The Hall–Kier alpha value is -0.280. The molecule has 2 nitrogen and oxygen atoms in total. The summed E-state index contributed by atoms with van der Waals surface area (Å²) >= 11 is 12.0. The first-order chi connectivity index (χ1) is 7.72. The van der Waals surface area contributed by atoms with Gasteiger partial charge in [0.25, 0.3) is 0 Å². The predicted molar refractivity (Wildman–Crippen MR) is 65.1 cm³/mol. The summed E-state index contributed by atoms with van der Waals surface area (Å²) in [6.07, 6.45) is 0.928. The van der Waals surface area contributed by atoms with Gasteiger partial charge in [-0.3, -0.25) is 0 Å². The molecule has 0 radical (unpaired) electrons. The Morgan fingerprint density at radius 3 is 2.75 bits per heavy atom. The van der Waals surface area contributed by atoms with E-state index < -0.39 is 0 Å². The van der Waals surface area contributed by atoms with E-state index >= 15 is 0 Å². The maximum Gasteiger partial charge on any atom is 0.0997 e. The van der Waals surface area contributed by atoms with Crippen LogP contribution in [0.2, 0.25) is 5.02 Å². The lowest BCUT2D eigenvalue weighted by molar-refractivity contribution is -0.116. The van der Waals surface area contributed by atoms with Crippen molar-refractivity contribution in [3.63, 3.8) is 0 Å².